The highest BCUT2D eigenvalue weighted by Crippen LogP contribution is 2.24. The number of rotatable bonds is 7. The number of hydrogen-bond donors (Lipinski definition) is 0. The summed E-state index contributed by atoms with van der Waals surface area (Å²) in [6.07, 6.45) is -4.26. The van der Waals surface area contributed by atoms with Crippen LogP contribution in [0.15, 0.2) is 29.4 Å². The molecule has 0 heterocycles. The number of ether oxygens (including phenoxy) is 1. The van der Waals surface area contributed by atoms with Gasteiger partial charge in [-0.3, -0.25) is 4.28 Å². The van der Waals surface area contributed by atoms with E-state index in [9.17, 15) is 21.6 Å². The maximum Gasteiger partial charge on any atom is 0.437 e. The average molecular weight is 369 g/mol. The van der Waals surface area contributed by atoms with E-state index in [2.05, 4.69) is 9.44 Å². The lowest BCUT2D eigenvalue weighted by molar-refractivity contribution is -0.870. The zero-order valence-electron chi connectivity index (χ0n) is 13.8. The Bertz CT molecular complexity index is 677. The summed E-state index contributed by atoms with van der Waals surface area (Å²) < 4.78 is 70.6. The number of quaternary nitrogens is 1. The highest BCUT2D eigenvalue weighted by Gasteiger charge is 2.38. The molecule has 1 aromatic rings. The summed E-state index contributed by atoms with van der Waals surface area (Å²) in [5, 5.41) is 2.72. The molecule has 1 rings (SSSR count). The van der Waals surface area contributed by atoms with Gasteiger partial charge < -0.3 is 9.22 Å². The molecule has 0 unspecified atom stereocenters. The van der Waals surface area contributed by atoms with E-state index < -0.39 is 22.0 Å². The topological polar surface area (TPSA) is 65.0 Å². The van der Waals surface area contributed by atoms with Crippen molar-refractivity contribution in [2.75, 3.05) is 40.6 Å². The van der Waals surface area contributed by atoms with Crippen LogP contribution in [0.25, 0.3) is 0 Å². The molecule has 0 aliphatic rings. The Morgan fingerprint density at radius 2 is 1.71 bits per heavy atom. The Labute approximate surface area is 139 Å². The molecule has 0 aliphatic carbocycles. The zero-order chi connectivity index (χ0) is 18.6. The molecule has 0 radical (unpaired) electrons. The second kappa shape index (κ2) is 7.39. The molecule has 10 heteroatoms. The van der Waals surface area contributed by atoms with Crippen LogP contribution in [-0.4, -0.2) is 65.3 Å². The van der Waals surface area contributed by atoms with Gasteiger partial charge >= 0.3 is 16.3 Å². The predicted octanol–water partition coefficient (Wildman–Crippen LogP) is 2.01. The maximum atomic E-state index is 13.0. The van der Waals surface area contributed by atoms with Gasteiger partial charge in [0.05, 0.1) is 27.4 Å². The first-order valence-electron chi connectivity index (χ1n) is 6.85. The molecule has 0 N–H and O–H groups in total. The summed E-state index contributed by atoms with van der Waals surface area (Å²) in [5.41, 5.74) is -1.77. The summed E-state index contributed by atoms with van der Waals surface area (Å²) in [6.45, 7) is 1.12. The molecule has 6 nitrogen and oxygen atoms in total. The van der Waals surface area contributed by atoms with Crippen molar-refractivity contribution in [3.8, 4) is 5.75 Å². The van der Waals surface area contributed by atoms with E-state index in [4.69, 9.17) is 4.74 Å². The van der Waals surface area contributed by atoms with Gasteiger partial charge in [-0.2, -0.15) is 21.6 Å². The van der Waals surface area contributed by atoms with Gasteiger partial charge in [-0.25, -0.2) is 0 Å². The quantitative estimate of drug-likeness (QED) is 0.419. The molecule has 0 atom stereocenters. The second-order valence-electron chi connectivity index (χ2n) is 6.10. The molecule has 136 valence electrons. The Morgan fingerprint density at radius 1 is 1.17 bits per heavy atom. The van der Waals surface area contributed by atoms with Crippen molar-refractivity contribution in [1.82, 2.24) is 0 Å². The molecular weight excluding hydrogens is 349 g/mol. The standard InChI is InChI=1S/C14H20F3N2O4S/c1-19(2,3)9-10-22-12-7-5-11(6-8-12)13(14(15,16)17)18-23-24(4,20)21/h5-8H,9-10H2,1-4H3/q+1/b18-13-. The Morgan fingerprint density at radius 3 is 2.12 bits per heavy atom. The average Bonchev–Trinajstić information content (AvgIpc) is 2.36. The fraction of sp³-hybridized carbons (Fsp3) is 0.500. The number of likely N-dealkylation sites (N-methyl/N-ethyl adjacent to an activating group) is 1. The first kappa shape index (κ1) is 20.2. The van der Waals surface area contributed by atoms with E-state index in [0.29, 0.717) is 23.1 Å². The Hall–Kier alpha value is -1.81. The van der Waals surface area contributed by atoms with E-state index in [1.54, 1.807) is 0 Å². The van der Waals surface area contributed by atoms with Crippen molar-refractivity contribution >= 4 is 15.8 Å². The van der Waals surface area contributed by atoms with Crippen LogP contribution in [0.5, 0.6) is 5.75 Å². The molecule has 0 saturated carbocycles. The van der Waals surface area contributed by atoms with E-state index in [0.717, 1.165) is 18.7 Å². The smallest absolute Gasteiger partial charge is 0.437 e. The molecule has 0 bridgehead atoms. The molecule has 1 aromatic carbocycles. The van der Waals surface area contributed by atoms with Gasteiger partial charge in [0.25, 0.3) is 0 Å². The number of hydrogen-bond acceptors (Lipinski definition) is 5. The van der Waals surface area contributed by atoms with Crippen molar-refractivity contribution in [1.29, 1.82) is 0 Å². The Balaban J connectivity index is 2.90. The SMILES string of the molecule is C[N+](C)(C)CCOc1ccc(/C(=N/OS(C)(=O)=O)C(F)(F)F)cc1. The first-order valence-corrected chi connectivity index (χ1v) is 8.67. The molecule has 0 aliphatic heterocycles. The van der Waals surface area contributed by atoms with Gasteiger partial charge in [0.15, 0.2) is 5.71 Å². The zero-order valence-corrected chi connectivity index (χ0v) is 14.6. The molecular formula is C14H20F3N2O4S+. The lowest BCUT2D eigenvalue weighted by Gasteiger charge is -2.23. The van der Waals surface area contributed by atoms with Gasteiger partial charge in [0.2, 0.25) is 0 Å². The van der Waals surface area contributed by atoms with Crippen LogP contribution >= 0.6 is 0 Å². The second-order valence-corrected chi connectivity index (χ2v) is 7.66. The summed E-state index contributed by atoms with van der Waals surface area (Å²) in [6, 6.07) is 4.98. The monoisotopic (exact) mass is 369 g/mol. The molecule has 0 spiro atoms. The van der Waals surface area contributed by atoms with Gasteiger partial charge in [0.1, 0.15) is 18.9 Å². The van der Waals surface area contributed by atoms with Crippen molar-refractivity contribution < 1.29 is 35.1 Å². The highest BCUT2D eigenvalue weighted by atomic mass is 32.2. The predicted molar refractivity (Wildman–Crippen MR) is 83.4 cm³/mol. The third-order valence-electron chi connectivity index (χ3n) is 2.69. The third-order valence-corrected chi connectivity index (χ3v) is 3.04. The van der Waals surface area contributed by atoms with Crippen molar-refractivity contribution in [3.05, 3.63) is 29.8 Å². The maximum absolute atomic E-state index is 13.0. The summed E-state index contributed by atoms with van der Waals surface area (Å²) in [7, 11) is 1.82. The van der Waals surface area contributed by atoms with E-state index in [-0.39, 0.29) is 5.56 Å². The van der Waals surface area contributed by atoms with Crippen molar-refractivity contribution in [2.24, 2.45) is 5.16 Å². The van der Waals surface area contributed by atoms with Crippen molar-refractivity contribution in [3.63, 3.8) is 0 Å². The van der Waals surface area contributed by atoms with Gasteiger partial charge in [-0.1, -0.05) is 5.16 Å². The minimum Gasteiger partial charge on any atom is -0.488 e. The van der Waals surface area contributed by atoms with E-state index >= 15 is 0 Å². The lowest BCUT2D eigenvalue weighted by atomic mass is 10.1. The van der Waals surface area contributed by atoms with Crippen LogP contribution in [0.4, 0.5) is 13.2 Å². The number of halogens is 3. The lowest BCUT2D eigenvalue weighted by Crippen LogP contribution is -2.38. The number of benzene rings is 1. The number of nitrogens with zero attached hydrogens (tertiary/aromatic N) is 2. The van der Waals surface area contributed by atoms with Crippen LogP contribution in [0.2, 0.25) is 0 Å². The van der Waals surface area contributed by atoms with Crippen LogP contribution in [0, 0.1) is 0 Å². The van der Waals surface area contributed by atoms with E-state index in [1.807, 2.05) is 21.1 Å². The summed E-state index contributed by atoms with van der Waals surface area (Å²) in [4.78, 5) is 0. The molecule has 24 heavy (non-hydrogen) atoms. The van der Waals surface area contributed by atoms with Crippen LogP contribution in [0.1, 0.15) is 5.56 Å². The largest absolute Gasteiger partial charge is 0.488 e. The minimum atomic E-state index is -4.86. The van der Waals surface area contributed by atoms with Crippen LogP contribution in [-0.2, 0) is 14.4 Å². The molecule has 0 amide bonds. The molecule has 0 fully saturated rings. The van der Waals surface area contributed by atoms with Crippen LogP contribution in [0.3, 0.4) is 0 Å². The number of oxime groups is 1. The molecule has 0 aromatic heterocycles. The third kappa shape index (κ3) is 7.64. The van der Waals surface area contributed by atoms with Crippen LogP contribution < -0.4 is 4.74 Å². The van der Waals surface area contributed by atoms with Crippen molar-refractivity contribution in [2.45, 2.75) is 6.18 Å². The Kier molecular flexibility index (Phi) is 6.23. The number of alkyl halides is 3. The van der Waals surface area contributed by atoms with E-state index in [1.165, 1.54) is 12.1 Å². The highest BCUT2D eigenvalue weighted by molar-refractivity contribution is 7.85. The summed E-state index contributed by atoms with van der Waals surface area (Å²) in [5.74, 6) is 0.401. The minimum absolute atomic E-state index is 0.329. The summed E-state index contributed by atoms with van der Waals surface area (Å²) >= 11 is 0. The van der Waals surface area contributed by atoms with Gasteiger partial charge in [-0.05, 0) is 24.3 Å². The van der Waals surface area contributed by atoms with Gasteiger partial charge in [0, 0.05) is 5.56 Å². The normalized spacial score (nSPS) is 13.7. The first-order chi connectivity index (χ1) is 10.8. The molecule has 0 saturated heterocycles. The fourth-order valence-corrected chi connectivity index (χ4v) is 1.73. The van der Waals surface area contributed by atoms with Gasteiger partial charge in [-0.15, -0.1) is 0 Å². The fourth-order valence-electron chi connectivity index (χ4n) is 1.52.